The van der Waals surface area contributed by atoms with Gasteiger partial charge in [-0.15, -0.1) is 0 Å². The molecular formula is C19H23NO3. The van der Waals surface area contributed by atoms with Gasteiger partial charge in [0.2, 0.25) is 0 Å². The molecule has 1 N–H and O–H groups in total. The van der Waals surface area contributed by atoms with Gasteiger partial charge in [0, 0.05) is 12.5 Å². The molecule has 0 spiro atoms. The second-order valence-electron chi connectivity index (χ2n) is 6.66. The number of hydrogen-bond donors (Lipinski definition) is 1. The van der Waals surface area contributed by atoms with E-state index in [0.717, 1.165) is 17.2 Å². The van der Waals surface area contributed by atoms with Gasteiger partial charge in [0.15, 0.2) is 0 Å². The third-order valence-electron chi connectivity index (χ3n) is 3.41. The highest BCUT2D eigenvalue weighted by molar-refractivity contribution is 5.83. The van der Waals surface area contributed by atoms with Gasteiger partial charge in [0.05, 0.1) is 0 Å². The van der Waals surface area contributed by atoms with E-state index in [9.17, 15) is 9.59 Å². The minimum absolute atomic E-state index is 0.269. The Bertz CT molecular complexity index is 688. The molecule has 0 aliphatic rings. The van der Waals surface area contributed by atoms with Gasteiger partial charge < -0.3 is 14.8 Å². The first kappa shape index (κ1) is 17.0. The van der Waals surface area contributed by atoms with Crippen LogP contribution in [0.15, 0.2) is 42.5 Å². The zero-order chi connectivity index (χ0) is 16.9. The molecule has 0 aliphatic carbocycles. The number of benzene rings is 2. The quantitative estimate of drug-likeness (QED) is 0.856. The number of alkyl carbamates (subject to hydrolysis) is 1. The number of hydrogen-bond acceptors (Lipinski definition) is 3. The van der Waals surface area contributed by atoms with Gasteiger partial charge in [-0.25, -0.2) is 4.79 Å². The molecule has 0 unspecified atom stereocenters. The van der Waals surface area contributed by atoms with Crippen LogP contribution in [0.25, 0.3) is 10.8 Å². The smallest absolute Gasteiger partial charge is 0.407 e. The number of carbonyl (C=O) groups excluding carboxylic acids is 2. The molecule has 0 aromatic heterocycles. The molecule has 0 fully saturated rings. The highest BCUT2D eigenvalue weighted by Gasteiger charge is 2.17. The molecule has 2 aromatic carbocycles. The van der Waals surface area contributed by atoms with Crippen molar-refractivity contribution in [2.24, 2.45) is 5.92 Å². The minimum Gasteiger partial charge on any atom is -0.444 e. The van der Waals surface area contributed by atoms with Crippen LogP contribution in [0.2, 0.25) is 0 Å². The summed E-state index contributed by atoms with van der Waals surface area (Å²) < 4.78 is 5.17. The predicted molar refractivity (Wildman–Crippen MR) is 91.4 cm³/mol. The van der Waals surface area contributed by atoms with E-state index < -0.39 is 11.7 Å². The van der Waals surface area contributed by atoms with Crippen molar-refractivity contribution in [1.29, 1.82) is 0 Å². The van der Waals surface area contributed by atoms with Gasteiger partial charge >= 0.3 is 6.09 Å². The number of fused-ring (bicyclic) bond motifs is 1. The second kappa shape index (κ2) is 7.27. The maximum atomic E-state index is 11.7. The Morgan fingerprint density at radius 1 is 1.17 bits per heavy atom. The SMILES string of the molecule is CC(C)(C)OC(=O)NC[C@H](C=O)Cc1ccc2ccccc2c1. The molecule has 2 aromatic rings. The average molecular weight is 313 g/mol. The van der Waals surface area contributed by atoms with Crippen LogP contribution in [0.4, 0.5) is 4.79 Å². The van der Waals surface area contributed by atoms with Crippen LogP contribution in [0, 0.1) is 5.92 Å². The van der Waals surface area contributed by atoms with Crippen molar-refractivity contribution in [3.8, 4) is 0 Å². The molecule has 2 rings (SSSR count). The van der Waals surface area contributed by atoms with Gasteiger partial charge in [0.1, 0.15) is 11.9 Å². The fourth-order valence-electron chi connectivity index (χ4n) is 2.37. The second-order valence-corrected chi connectivity index (χ2v) is 6.66. The van der Waals surface area contributed by atoms with Gasteiger partial charge in [-0.1, -0.05) is 42.5 Å². The van der Waals surface area contributed by atoms with Crippen molar-refractivity contribution >= 4 is 23.2 Å². The zero-order valence-electron chi connectivity index (χ0n) is 13.8. The lowest BCUT2D eigenvalue weighted by atomic mass is 9.98. The molecule has 0 bridgehead atoms. The molecule has 0 radical (unpaired) electrons. The van der Waals surface area contributed by atoms with E-state index in [1.54, 1.807) is 20.8 Å². The molecule has 23 heavy (non-hydrogen) atoms. The monoisotopic (exact) mass is 313 g/mol. The van der Waals surface area contributed by atoms with Crippen LogP contribution in [0.5, 0.6) is 0 Å². The lowest BCUT2D eigenvalue weighted by Crippen LogP contribution is -2.36. The third kappa shape index (κ3) is 5.40. The van der Waals surface area contributed by atoms with E-state index in [1.807, 2.05) is 30.3 Å². The van der Waals surface area contributed by atoms with Crippen molar-refractivity contribution in [3.63, 3.8) is 0 Å². The highest BCUT2D eigenvalue weighted by Crippen LogP contribution is 2.17. The number of ether oxygens (including phenoxy) is 1. The standard InChI is InChI=1S/C19H23NO3/c1-19(2,3)23-18(22)20-12-15(13-21)10-14-8-9-16-6-4-5-7-17(16)11-14/h4-9,11,13,15H,10,12H2,1-3H3,(H,20,22)/t15-/m1/s1. The van der Waals surface area contributed by atoms with Crippen molar-refractivity contribution in [2.75, 3.05) is 6.54 Å². The Balaban J connectivity index is 1.95. The fourth-order valence-corrected chi connectivity index (χ4v) is 2.37. The summed E-state index contributed by atoms with van der Waals surface area (Å²) in [6.45, 7) is 5.68. The first-order chi connectivity index (χ1) is 10.9. The number of amides is 1. The van der Waals surface area contributed by atoms with E-state index in [1.165, 1.54) is 5.39 Å². The summed E-state index contributed by atoms with van der Waals surface area (Å²) >= 11 is 0. The number of aldehydes is 1. The fraction of sp³-hybridized carbons (Fsp3) is 0.368. The minimum atomic E-state index is -0.543. The summed E-state index contributed by atoms with van der Waals surface area (Å²) in [6.07, 6.45) is 0.972. The van der Waals surface area contributed by atoms with Gasteiger partial charge in [0.25, 0.3) is 0 Å². The van der Waals surface area contributed by atoms with Crippen LogP contribution in [0.1, 0.15) is 26.3 Å². The largest absolute Gasteiger partial charge is 0.444 e. The Morgan fingerprint density at radius 3 is 2.52 bits per heavy atom. The molecule has 1 amide bonds. The zero-order valence-corrected chi connectivity index (χ0v) is 13.8. The Hall–Kier alpha value is -2.36. The van der Waals surface area contributed by atoms with Crippen LogP contribution in [0.3, 0.4) is 0 Å². The molecule has 0 aliphatic heterocycles. The van der Waals surface area contributed by atoms with Gasteiger partial charge in [-0.3, -0.25) is 0 Å². The van der Waals surface area contributed by atoms with Crippen LogP contribution < -0.4 is 5.32 Å². The topological polar surface area (TPSA) is 55.4 Å². The van der Waals surface area contributed by atoms with Crippen LogP contribution >= 0.6 is 0 Å². The first-order valence-electron chi connectivity index (χ1n) is 7.77. The third-order valence-corrected chi connectivity index (χ3v) is 3.41. The molecule has 1 atom stereocenters. The normalized spacial score (nSPS) is 12.7. The number of carbonyl (C=O) groups is 2. The van der Waals surface area contributed by atoms with E-state index in [-0.39, 0.29) is 12.5 Å². The lowest BCUT2D eigenvalue weighted by molar-refractivity contribution is -0.110. The predicted octanol–water partition coefficient (Wildman–Crippen LogP) is 3.72. The van der Waals surface area contributed by atoms with E-state index in [2.05, 4.69) is 17.4 Å². The maximum absolute atomic E-state index is 11.7. The molecule has 122 valence electrons. The Morgan fingerprint density at radius 2 is 1.87 bits per heavy atom. The molecule has 4 heteroatoms. The Kier molecular flexibility index (Phi) is 5.37. The van der Waals surface area contributed by atoms with E-state index in [0.29, 0.717) is 6.42 Å². The first-order valence-corrected chi connectivity index (χ1v) is 7.77. The van der Waals surface area contributed by atoms with Crippen molar-refractivity contribution in [1.82, 2.24) is 5.32 Å². The van der Waals surface area contributed by atoms with E-state index >= 15 is 0 Å². The summed E-state index contributed by atoms with van der Waals surface area (Å²) in [5, 5.41) is 4.98. The van der Waals surface area contributed by atoms with Crippen LogP contribution in [-0.4, -0.2) is 24.5 Å². The maximum Gasteiger partial charge on any atom is 0.407 e. The van der Waals surface area contributed by atoms with Crippen molar-refractivity contribution in [3.05, 3.63) is 48.0 Å². The Labute approximate surface area is 136 Å². The van der Waals surface area contributed by atoms with E-state index in [4.69, 9.17) is 4.74 Å². The van der Waals surface area contributed by atoms with Crippen molar-refractivity contribution < 1.29 is 14.3 Å². The number of rotatable bonds is 5. The highest BCUT2D eigenvalue weighted by atomic mass is 16.6. The molecule has 4 nitrogen and oxygen atoms in total. The molecule has 0 saturated heterocycles. The summed E-state index contributed by atoms with van der Waals surface area (Å²) in [4.78, 5) is 22.9. The van der Waals surface area contributed by atoms with Gasteiger partial charge in [-0.2, -0.15) is 0 Å². The summed E-state index contributed by atoms with van der Waals surface area (Å²) in [5.74, 6) is -0.274. The summed E-state index contributed by atoms with van der Waals surface area (Å²) in [6, 6.07) is 14.3. The molecular weight excluding hydrogens is 290 g/mol. The van der Waals surface area contributed by atoms with Crippen molar-refractivity contribution in [2.45, 2.75) is 32.8 Å². The molecule has 0 saturated carbocycles. The summed E-state index contributed by atoms with van der Waals surface area (Å²) in [5.41, 5.74) is 0.533. The van der Waals surface area contributed by atoms with Gasteiger partial charge in [-0.05, 0) is 43.5 Å². The lowest BCUT2D eigenvalue weighted by Gasteiger charge is -2.20. The summed E-state index contributed by atoms with van der Waals surface area (Å²) in [7, 11) is 0. The average Bonchev–Trinajstić information content (AvgIpc) is 2.49. The molecule has 0 heterocycles. The van der Waals surface area contributed by atoms with Crippen LogP contribution in [-0.2, 0) is 16.0 Å². The number of nitrogens with one attached hydrogen (secondary N) is 1.